The van der Waals surface area contributed by atoms with Crippen molar-refractivity contribution < 1.29 is 13.2 Å². The lowest BCUT2D eigenvalue weighted by molar-refractivity contribution is 0.152. The predicted octanol–water partition coefficient (Wildman–Crippen LogP) is 3.60. The highest BCUT2D eigenvalue weighted by molar-refractivity contribution is 7.88. The fraction of sp³-hybridized carbons (Fsp3) is 0.407. The number of sulfonamides is 1. The molecule has 9 heteroatoms. The quantitative estimate of drug-likeness (QED) is 0.485. The largest absolute Gasteiger partial charge is 0.483 e. The molecule has 1 aromatic heterocycles. The van der Waals surface area contributed by atoms with Crippen molar-refractivity contribution in [2.24, 2.45) is 0 Å². The van der Waals surface area contributed by atoms with Crippen molar-refractivity contribution in [2.75, 3.05) is 31.1 Å². The van der Waals surface area contributed by atoms with Crippen LogP contribution in [-0.4, -0.2) is 54.8 Å². The zero-order valence-corrected chi connectivity index (χ0v) is 21.1. The Kier molecular flexibility index (Phi) is 7.38. The van der Waals surface area contributed by atoms with E-state index in [1.54, 1.807) is 6.20 Å². The number of anilines is 1. The van der Waals surface area contributed by atoms with Crippen molar-refractivity contribution in [2.45, 2.75) is 44.0 Å². The van der Waals surface area contributed by atoms with Crippen LogP contribution in [0.25, 0.3) is 5.69 Å². The van der Waals surface area contributed by atoms with Crippen LogP contribution >= 0.6 is 0 Å². The van der Waals surface area contributed by atoms with Crippen molar-refractivity contribution >= 4 is 15.7 Å². The number of benzene rings is 2. The van der Waals surface area contributed by atoms with Crippen molar-refractivity contribution in [3.05, 3.63) is 82.8 Å². The van der Waals surface area contributed by atoms with Crippen molar-refractivity contribution in [3.63, 3.8) is 0 Å². The van der Waals surface area contributed by atoms with Gasteiger partial charge in [0.2, 0.25) is 15.8 Å². The summed E-state index contributed by atoms with van der Waals surface area (Å²) >= 11 is 0. The number of hydrogen-bond acceptors (Lipinski definition) is 6. The van der Waals surface area contributed by atoms with Gasteiger partial charge in [0.1, 0.15) is 5.69 Å². The number of hydrogen-bond donors (Lipinski definition) is 0. The van der Waals surface area contributed by atoms with Crippen LogP contribution < -0.4 is 15.2 Å². The zero-order valence-electron chi connectivity index (χ0n) is 20.3. The molecule has 0 N–H and O–H groups in total. The molecule has 2 fully saturated rings. The summed E-state index contributed by atoms with van der Waals surface area (Å²) in [6.45, 7) is 1.62. The van der Waals surface area contributed by atoms with Crippen LogP contribution in [0.3, 0.4) is 0 Å². The fourth-order valence-electron chi connectivity index (χ4n) is 4.95. The van der Waals surface area contributed by atoms with E-state index in [9.17, 15) is 13.2 Å². The summed E-state index contributed by atoms with van der Waals surface area (Å²) in [4.78, 5) is 15.6. The van der Waals surface area contributed by atoms with Crippen LogP contribution in [0.4, 0.5) is 5.69 Å². The molecule has 2 aliphatic rings. The molecule has 0 amide bonds. The molecule has 2 heterocycles. The molecule has 0 unspecified atom stereocenters. The molecule has 0 atom stereocenters. The van der Waals surface area contributed by atoms with E-state index >= 15 is 0 Å². The monoisotopic (exact) mass is 508 g/mol. The maximum atomic E-state index is 13.6. The average Bonchev–Trinajstić information content (AvgIpc) is 2.91. The lowest BCUT2D eigenvalue weighted by atomic mass is 9.98. The number of piperazine rings is 1. The van der Waals surface area contributed by atoms with Gasteiger partial charge < -0.3 is 9.64 Å². The Morgan fingerprint density at radius 2 is 1.50 bits per heavy atom. The Morgan fingerprint density at radius 3 is 2.17 bits per heavy atom. The molecule has 36 heavy (non-hydrogen) atoms. The molecule has 3 aromatic rings. The molecule has 2 aromatic carbocycles. The van der Waals surface area contributed by atoms with Gasteiger partial charge in [-0.05, 0) is 43.4 Å². The fourth-order valence-corrected chi connectivity index (χ4v) is 6.47. The van der Waals surface area contributed by atoms with Gasteiger partial charge in [-0.1, -0.05) is 55.0 Å². The second-order valence-electron chi connectivity index (χ2n) is 9.42. The number of ether oxygens (including phenoxy) is 1. The minimum absolute atomic E-state index is 0.00404. The molecule has 0 bridgehead atoms. The molecule has 0 radical (unpaired) electrons. The van der Waals surface area contributed by atoms with Gasteiger partial charge in [0.05, 0.1) is 23.7 Å². The summed E-state index contributed by atoms with van der Waals surface area (Å²) < 4.78 is 35.3. The van der Waals surface area contributed by atoms with Gasteiger partial charge in [0, 0.05) is 26.2 Å². The molecule has 1 aliphatic carbocycles. The van der Waals surface area contributed by atoms with Crippen molar-refractivity contribution in [1.82, 2.24) is 14.1 Å². The topological polar surface area (TPSA) is 84.7 Å². The summed E-state index contributed by atoms with van der Waals surface area (Å²) in [5.41, 5.74) is 1.80. The Bertz CT molecular complexity index is 1310. The normalized spacial score (nSPS) is 17.7. The third kappa shape index (κ3) is 5.47. The predicted molar refractivity (Wildman–Crippen MR) is 140 cm³/mol. The number of aromatic nitrogens is 2. The van der Waals surface area contributed by atoms with Crippen LogP contribution in [0.5, 0.6) is 5.75 Å². The maximum absolute atomic E-state index is 13.6. The Hall–Kier alpha value is -3.17. The van der Waals surface area contributed by atoms with E-state index in [2.05, 4.69) is 5.10 Å². The van der Waals surface area contributed by atoms with Crippen molar-refractivity contribution in [1.29, 1.82) is 0 Å². The second-order valence-corrected chi connectivity index (χ2v) is 11.4. The highest BCUT2D eigenvalue weighted by Crippen LogP contribution is 2.30. The first-order valence-electron chi connectivity index (χ1n) is 12.6. The van der Waals surface area contributed by atoms with Gasteiger partial charge in [-0.2, -0.15) is 14.1 Å². The van der Waals surface area contributed by atoms with Gasteiger partial charge >= 0.3 is 5.56 Å². The smallest absolute Gasteiger partial charge is 0.316 e. The summed E-state index contributed by atoms with van der Waals surface area (Å²) in [5.74, 6) is 0.291. The minimum atomic E-state index is -3.43. The average molecular weight is 509 g/mol. The lowest BCUT2D eigenvalue weighted by Gasteiger charge is -2.36. The number of para-hydroxylation sites is 1. The minimum Gasteiger partial charge on any atom is -0.483 e. The van der Waals surface area contributed by atoms with Gasteiger partial charge in [-0.15, -0.1) is 0 Å². The van der Waals surface area contributed by atoms with E-state index in [-0.39, 0.29) is 17.4 Å². The van der Waals surface area contributed by atoms with Gasteiger partial charge in [0.25, 0.3) is 0 Å². The van der Waals surface area contributed by atoms with Crippen LogP contribution in [0.1, 0.15) is 37.7 Å². The van der Waals surface area contributed by atoms with E-state index in [1.165, 1.54) is 15.4 Å². The highest BCUT2D eigenvalue weighted by atomic mass is 32.2. The van der Waals surface area contributed by atoms with E-state index < -0.39 is 10.0 Å². The lowest BCUT2D eigenvalue weighted by Crippen LogP contribution is -2.49. The first-order valence-corrected chi connectivity index (χ1v) is 14.2. The Morgan fingerprint density at radius 1 is 0.861 bits per heavy atom. The van der Waals surface area contributed by atoms with Crippen LogP contribution in [-0.2, 0) is 15.8 Å². The van der Waals surface area contributed by atoms with E-state index in [1.807, 2.05) is 65.6 Å². The number of nitrogens with zero attached hydrogens (tertiary/aromatic N) is 4. The summed E-state index contributed by atoms with van der Waals surface area (Å²) in [5, 5.41) is 4.45. The van der Waals surface area contributed by atoms with Gasteiger partial charge in [-0.25, -0.2) is 8.42 Å². The molecule has 1 saturated heterocycles. The maximum Gasteiger partial charge on any atom is 0.316 e. The Balaban J connectivity index is 1.38. The molecular weight excluding hydrogens is 476 g/mol. The molecule has 5 rings (SSSR count). The molecule has 0 spiro atoms. The summed E-state index contributed by atoms with van der Waals surface area (Å²) in [6, 6.07) is 18.6. The van der Waals surface area contributed by atoms with Crippen LogP contribution in [0, 0.1) is 0 Å². The number of rotatable bonds is 7. The van der Waals surface area contributed by atoms with E-state index in [4.69, 9.17) is 4.74 Å². The second kappa shape index (κ2) is 10.8. The zero-order chi connectivity index (χ0) is 25.0. The van der Waals surface area contributed by atoms with Crippen LogP contribution in [0.15, 0.2) is 71.7 Å². The first kappa shape index (κ1) is 24.5. The van der Waals surface area contributed by atoms with E-state index in [0.29, 0.717) is 43.3 Å². The van der Waals surface area contributed by atoms with E-state index in [0.717, 1.165) is 31.2 Å². The molecule has 8 nitrogen and oxygen atoms in total. The first-order chi connectivity index (χ1) is 17.5. The standard InChI is InChI=1S/C27H32N4O4S/c32-27-26(35-24-14-8-3-9-15-24)25(20-28-31(27)23-12-6-2-7-13-23)29-16-18-30(19-17-29)36(33,34)21-22-10-4-1-5-11-22/h1-2,4-7,10-13,20,24H,3,8-9,14-19,21H2. The Labute approximate surface area is 212 Å². The molecular formula is C27H32N4O4S. The third-order valence-electron chi connectivity index (χ3n) is 6.92. The van der Waals surface area contributed by atoms with Gasteiger partial charge in [-0.3, -0.25) is 4.79 Å². The van der Waals surface area contributed by atoms with Crippen LogP contribution in [0.2, 0.25) is 0 Å². The molecule has 1 aliphatic heterocycles. The highest BCUT2D eigenvalue weighted by Gasteiger charge is 2.30. The van der Waals surface area contributed by atoms with Gasteiger partial charge in [0.15, 0.2) is 0 Å². The summed E-state index contributed by atoms with van der Waals surface area (Å²) in [6.07, 6.45) is 6.92. The third-order valence-corrected chi connectivity index (χ3v) is 8.77. The van der Waals surface area contributed by atoms with Crippen molar-refractivity contribution in [3.8, 4) is 11.4 Å². The molecule has 1 saturated carbocycles. The summed E-state index contributed by atoms with van der Waals surface area (Å²) in [7, 11) is -3.43. The molecule has 190 valence electrons. The SMILES string of the molecule is O=c1c(OC2CCCCC2)c(N2CCN(S(=O)(=O)Cc3ccccc3)CC2)cnn1-c1ccccc1.